The molecule has 0 bridgehead atoms. The van der Waals surface area contributed by atoms with E-state index < -0.39 is 11.7 Å². The van der Waals surface area contributed by atoms with E-state index >= 15 is 0 Å². The van der Waals surface area contributed by atoms with Crippen molar-refractivity contribution in [2.45, 2.75) is 6.92 Å². The number of esters is 1. The third kappa shape index (κ3) is 4.76. The summed E-state index contributed by atoms with van der Waals surface area (Å²) in [5.74, 6) is -0.785. The van der Waals surface area contributed by atoms with Gasteiger partial charge < -0.3 is 4.74 Å². The van der Waals surface area contributed by atoms with Gasteiger partial charge in [-0.25, -0.2) is 4.79 Å². The number of hydrogen-bond acceptors (Lipinski definition) is 6. The zero-order valence-electron chi connectivity index (χ0n) is 7.77. The maximum absolute atomic E-state index is 10.9. The van der Waals surface area contributed by atoms with Crippen molar-refractivity contribution < 1.29 is 14.5 Å². The number of hydroxylamine groups is 2. The number of carbonyl (C=O) groups excluding carboxylic acids is 1. The Kier molecular flexibility index (Phi) is 5.23. The van der Waals surface area contributed by atoms with Gasteiger partial charge in [0.25, 0.3) is 5.71 Å². The van der Waals surface area contributed by atoms with Crippen molar-refractivity contribution >= 4 is 11.7 Å². The largest absolute Gasteiger partial charge is 0.461 e. The second kappa shape index (κ2) is 5.97. The highest BCUT2D eigenvalue weighted by Crippen LogP contribution is 1.87. The van der Waals surface area contributed by atoms with Gasteiger partial charge in [-0.3, -0.25) is 4.94 Å². The summed E-state index contributed by atoms with van der Waals surface area (Å²) < 4.78 is 4.54. The van der Waals surface area contributed by atoms with Gasteiger partial charge in [0.1, 0.15) is 6.07 Å². The Morgan fingerprint density at radius 3 is 2.62 bits per heavy atom. The number of oxime groups is 1. The molecule has 0 N–H and O–H groups in total. The molecule has 0 amide bonds. The molecule has 0 saturated carbocycles. The lowest BCUT2D eigenvalue weighted by atomic mass is 10.4. The Balaban J connectivity index is 4.26. The van der Waals surface area contributed by atoms with Gasteiger partial charge in [-0.05, 0) is 12.1 Å². The predicted octanol–water partition coefficient (Wildman–Crippen LogP) is -0.0777. The fraction of sp³-hybridized carbons (Fsp3) is 0.571. The molecule has 0 unspecified atom stereocenters. The number of hydrogen-bond donors (Lipinski definition) is 0. The molecule has 0 aromatic rings. The summed E-state index contributed by atoms with van der Waals surface area (Å²) in [6, 6.07) is 1.57. The fourth-order valence-corrected chi connectivity index (χ4v) is 0.425. The predicted molar refractivity (Wildman–Crippen MR) is 44.5 cm³/mol. The van der Waals surface area contributed by atoms with Crippen molar-refractivity contribution in [3.8, 4) is 6.07 Å². The minimum Gasteiger partial charge on any atom is -0.461 e. The van der Waals surface area contributed by atoms with Crippen molar-refractivity contribution in [3.63, 3.8) is 0 Å². The Morgan fingerprint density at radius 1 is 1.62 bits per heavy atom. The van der Waals surface area contributed by atoms with Gasteiger partial charge >= 0.3 is 5.97 Å². The van der Waals surface area contributed by atoms with Crippen LogP contribution in [0.2, 0.25) is 0 Å². The molecule has 0 radical (unpaired) electrons. The lowest BCUT2D eigenvalue weighted by Crippen LogP contribution is -2.18. The fourth-order valence-electron chi connectivity index (χ4n) is 0.425. The third-order valence-corrected chi connectivity index (χ3v) is 0.870. The van der Waals surface area contributed by atoms with E-state index in [1.165, 1.54) is 5.06 Å². The molecule has 0 aliphatic rings. The Morgan fingerprint density at radius 2 is 2.23 bits per heavy atom. The zero-order valence-corrected chi connectivity index (χ0v) is 7.77. The van der Waals surface area contributed by atoms with Crippen LogP contribution >= 0.6 is 0 Å². The van der Waals surface area contributed by atoms with Gasteiger partial charge in [0.2, 0.25) is 0 Å². The number of rotatable bonds is 4. The quantitative estimate of drug-likeness (QED) is 0.348. The first-order chi connectivity index (χ1) is 6.11. The summed E-state index contributed by atoms with van der Waals surface area (Å²) >= 11 is 0. The van der Waals surface area contributed by atoms with Gasteiger partial charge in [0.05, 0.1) is 6.61 Å². The van der Waals surface area contributed by atoms with Crippen LogP contribution in [0.5, 0.6) is 0 Å². The molecule has 0 fully saturated rings. The smallest absolute Gasteiger partial charge is 0.371 e. The normalized spacial score (nSPS) is 10.8. The maximum atomic E-state index is 10.9. The average molecular weight is 185 g/mol. The molecule has 72 valence electrons. The molecule has 0 aromatic carbocycles. The van der Waals surface area contributed by atoms with E-state index in [1.54, 1.807) is 27.1 Å². The van der Waals surface area contributed by atoms with E-state index in [0.717, 1.165) is 0 Å². The van der Waals surface area contributed by atoms with Crippen LogP contribution in [0, 0.1) is 11.3 Å². The first kappa shape index (κ1) is 11.4. The highest BCUT2D eigenvalue weighted by molar-refractivity contribution is 6.42. The van der Waals surface area contributed by atoms with Gasteiger partial charge in [-0.15, -0.1) is 5.06 Å². The summed E-state index contributed by atoms with van der Waals surface area (Å²) in [7, 11) is 3.15. The summed E-state index contributed by atoms with van der Waals surface area (Å²) in [6.07, 6.45) is 0. The minimum absolute atomic E-state index is 0.196. The third-order valence-electron chi connectivity index (χ3n) is 0.870. The van der Waals surface area contributed by atoms with E-state index in [9.17, 15) is 4.79 Å². The van der Waals surface area contributed by atoms with E-state index in [2.05, 4.69) is 14.8 Å². The Hall–Kier alpha value is -1.61. The molecule has 0 rings (SSSR count). The van der Waals surface area contributed by atoms with Crippen LogP contribution in [0.3, 0.4) is 0 Å². The van der Waals surface area contributed by atoms with Crippen molar-refractivity contribution in [2.75, 3.05) is 20.7 Å². The maximum Gasteiger partial charge on any atom is 0.371 e. The molecule has 0 aliphatic heterocycles. The van der Waals surface area contributed by atoms with E-state index in [-0.39, 0.29) is 6.61 Å². The SMILES string of the molecule is CCOC(=O)C(C#N)=NON(C)C. The number of nitrogens with zero attached hydrogens (tertiary/aromatic N) is 3. The zero-order chi connectivity index (χ0) is 10.3. The average Bonchev–Trinajstić information content (AvgIpc) is 2.05. The van der Waals surface area contributed by atoms with Crippen molar-refractivity contribution in [1.29, 1.82) is 5.26 Å². The monoisotopic (exact) mass is 185 g/mol. The molecule has 0 saturated heterocycles. The van der Waals surface area contributed by atoms with E-state index in [1.807, 2.05) is 0 Å². The summed E-state index contributed by atoms with van der Waals surface area (Å²) in [6.45, 7) is 1.83. The summed E-state index contributed by atoms with van der Waals surface area (Å²) in [5, 5.41) is 13.0. The van der Waals surface area contributed by atoms with Crippen LogP contribution in [-0.4, -0.2) is 37.4 Å². The van der Waals surface area contributed by atoms with Crippen LogP contribution in [-0.2, 0) is 14.5 Å². The molecule has 0 heterocycles. The Bertz CT molecular complexity index is 242. The molecule has 0 aliphatic carbocycles. The lowest BCUT2D eigenvalue weighted by Gasteiger charge is -2.04. The highest BCUT2D eigenvalue weighted by atomic mass is 16.8. The number of carbonyl (C=O) groups is 1. The highest BCUT2D eigenvalue weighted by Gasteiger charge is 2.12. The lowest BCUT2D eigenvalue weighted by molar-refractivity contribution is -0.137. The molecular weight excluding hydrogens is 174 g/mol. The Labute approximate surface area is 76.3 Å². The first-order valence-corrected chi connectivity index (χ1v) is 3.61. The summed E-state index contributed by atoms with van der Waals surface area (Å²) in [5.41, 5.74) is -0.407. The van der Waals surface area contributed by atoms with Crippen LogP contribution in [0.15, 0.2) is 5.16 Å². The number of ether oxygens (including phenoxy) is 1. The van der Waals surface area contributed by atoms with Crippen molar-refractivity contribution in [1.82, 2.24) is 5.06 Å². The van der Waals surface area contributed by atoms with Gasteiger partial charge in [0, 0.05) is 14.1 Å². The van der Waals surface area contributed by atoms with Gasteiger partial charge in [-0.2, -0.15) is 5.26 Å². The number of nitriles is 1. The van der Waals surface area contributed by atoms with E-state index in [4.69, 9.17) is 5.26 Å². The van der Waals surface area contributed by atoms with Crippen LogP contribution in [0.4, 0.5) is 0 Å². The molecule has 13 heavy (non-hydrogen) atoms. The summed E-state index contributed by atoms with van der Waals surface area (Å²) in [4.78, 5) is 15.5. The topological polar surface area (TPSA) is 74.9 Å². The van der Waals surface area contributed by atoms with E-state index in [0.29, 0.717) is 0 Å². The van der Waals surface area contributed by atoms with Crippen LogP contribution in [0.25, 0.3) is 0 Å². The molecule has 6 nitrogen and oxygen atoms in total. The first-order valence-electron chi connectivity index (χ1n) is 3.61. The second-order valence-electron chi connectivity index (χ2n) is 2.17. The standard InChI is InChI=1S/C7H11N3O3/c1-4-12-7(11)6(5-8)9-13-10(2)3/h4H2,1-3H3. The molecular formula is C7H11N3O3. The molecule has 6 heteroatoms. The van der Waals surface area contributed by atoms with Crippen LogP contribution < -0.4 is 0 Å². The minimum atomic E-state index is -0.785. The molecule has 0 aromatic heterocycles. The van der Waals surface area contributed by atoms with Crippen molar-refractivity contribution in [3.05, 3.63) is 0 Å². The second-order valence-corrected chi connectivity index (χ2v) is 2.17. The molecule has 0 spiro atoms. The van der Waals surface area contributed by atoms with Gasteiger partial charge in [0.15, 0.2) is 0 Å². The van der Waals surface area contributed by atoms with Gasteiger partial charge in [-0.1, -0.05) is 0 Å². The van der Waals surface area contributed by atoms with Crippen molar-refractivity contribution in [2.24, 2.45) is 5.16 Å². The van der Waals surface area contributed by atoms with Crippen LogP contribution in [0.1, 0.15) is 6.92 Å². The molecule has 0 atom stereocenters.